The molecule has 0 aromatic heterocycles. The van der Waals surface area contributed by atoms with Crippen LogP contribution in [-0.2, 0) is 37.0 Å². The normalized spacial score (nSPS) is 28.3. The van der Waals surface area contributed by atoms with Crippen molar-refractivity contribution in [2.24, 2.45) is 23.7 Å². The van der Waals surface area contributed by atoms with Gasteiger partial charge in [-0.05, 0) is 57.6 Å². The number of nitrogens with zero attached hydrogens (tertiary/aromatic N) is 3. The fourth-order valence-corrected chi connectivity index (χ4v) is 8.24. The Hall–Kier alpha value is -4.67. The maximum absolute atomic E-state index is 14.5. The quantitative estimate of drug-likeness (QED) is 0.290. The minimum atomic E-state index is -1.44. The van der Waals surface area contributed by atoms with E-state index in [0.29, 0.717) is 26.1 Å². The molecule has 2 saturated heterocycles. The van der Waals surface area contributed by atoms with E-state index in [1.54, 1.807) is 30.6 Å². The molecular formula is C41H52N4O7. The van der Waals surface area contributed by atoms with E-state index < -0.39 is 46.9 Å². The van der Waals surface area contributed by atoms with Gasteiger partial charge in [0.1, 0.15) is 17.2 Å². The summed E-state index contributed by atoms with van der Waals surface area (Å²) in [7, 11) is 0. The molecule has 0 radical (unpaired) electrons. The zero-order valence-corrected chi connectivity index (χ0v) is 30.5. The number of amides is 4. The summed E-state index contributed by atoms with van der Waals surface area (Å²) in [6.07, 6.45) is 7.74. The number of carbonyl (C=O) groups excluding carboxylic acids is 4. The third-order valence-electron chi connectivity index (χ3n) is 10.9. The summed E-state index contributed by atoms with van der Waals surface area (Å²) in [5.74, 6) is -4.01. The summed E-state index contributed by atoms with van der Waals surface area (Å²) in [6, 6.07) is 18.5. The summed E-state index contributed by atoms with van der Waals surface area (Å²) in [5, 5.41) is 13.2. The molecule has 1 aliphatic carbocycles. The van der Waals surface area contributed by atoms with E-state index in [4.69, 9.17) is 4.74 Å². The molecule has 4 amide bonds. The first-order chi connectivity index (χ1) is 24.8. The van der Waals surface area contributed by atoms with Crippen LogP contribution < -0.4 is 5.32 Å². The molecule has 0 spiro atoms. The molecule has 0 bridgehead atoms. The van der Waals surface area contributed by atoms with Gasteiger partial charge >= 0.3 is 18.0 Å². The van der Waals surface area contributed by atoms with Crippen LogP contribution in [0.2, 0.25) is 0 Å². The number of carboxylic acid groups (broad SMARTS) is 1. The second-order valence-electron chi connectivity index (χ2n) is 16.0. The molecular weight excluding hydrogens is 660 g/mol. The number of allylic oxidation sites excluding steroid dienone is 1. The van der Waals surface area contributed by atoms with Crippen LogP contribution in [0, 0.1) is 23.7 Å². The molecule has 278 valence electrons. The van der Waals surface area contributed by atoms with E-state index >= 15 is 0 Å². The number of urea groups is 1. The maximum atomic E-state index is 14.5. The standard InChI is InChI=1S/C41H52N4O7/c1-40(2,3)52-34(46)21-30-19-13-5-4-6-14-20-32-22-41(32,38(49)50)42-36(47)35-33-27-44(25-31(33)26-45(35)37(30)48)39(51)43(23-28-15-9-7-10-16-28)24-29-17-11-8-12-18-29/h7-12,14-18,20,30-33,35H,4-6,13,19,21-27H2,1-3H3,(H,42,47)(H,49,50)/b20-14-/t30-,31-,32+,33-,35-,41+/m0/s1. The average Bonchev–Trinajstić information content (AvgIpc) is 3.45. The predicted molar refractivity (Wildman–Crippen MR) is 194 cm³/mol. The molecule has 6 atom stereocenters. The lowest BCUT2D eigenvalue weighted by atomic mass is 9.92. The van der Waals surface area contributed by atoms with E-state index in [1.165, 1.54) is 0 Å². The number of carbonyl (C=O) groups is 5. The largest absolute Gasteiger partial charge is 0.479 e. The molecule has 6 rings (SSSR count). The van der Waals surface area contributed by atoms with Gasteiger partial charge in [0, 0.05) is 56.4 Å². The van der Waals surface area contributed by atoms with Gasteiger partial charge in [-0.25, -0.2) is 9.59 Å². The minimum absolute atomic E-state index is 0.101. The van der Waals surface area contributed by atoms with Crippen molar-refractivity contribution in [3.63, 3.8) is 0 Å². The van der Waals surface area contributed by atoms with Crippen molar-refractivity contribution >= 4 is 29.8 Å². The Morgan fingerprint density at radius 2 is 1.58 bits per heavy atom. The van der Waals surface area contributed by atoms with Crippen molar-refractivity contribution in [2.75, 3.05) is 19.6 Å². The highest BCUT2D eigenvalue weighted by atomic mass is 16.6. The molecule has 0 unspecified atom stereocenters. The van der Waals surface area contributed by atoms with Gasteiger partial charge in [-0.3, -0.25) is 14.4 Å². The van der Waals surface area contributed by atoms with Gasteiger partial charge in [-0.15, -0.1) is 0 Å². The first kappa shape index (κ1) is 37.1. The Labute approximate surface area is 306 Å². The van der Waals surface area contributed by atoms with Crippen LogP contribution in [0.25, 0.3) is 0 Å². The predicted octanol–water partition coefficient (Wildman–Crippen LogP) is 5.40. The number of esters is 1. The lowest BCUT2D eigenvalue weighted by Crippen LogP contribution is -2.56. The van der Waals surface area contributed by atoms with Crippen molar-refractivity contribution in [3.05, 3.63) is 83.9 Å². The van der Waals surface area contributed by atoms with Crippen LogP contribution in [0.15, 0.2) is 72.8 Å². The number of hydrogen-bond donors (Lipinski definition) is 2. The molecule has 4 aliphatic rings. The molecule has 11 heteroatoms. The zero-order valence-electron chi connectivity index (χ0n) is 30.5. The Kier molecular flexibility index (Phi) is 11.1. The molecule has 2 N–H and O–H groups in total. The number of rotatable bonds is 7. The van der Waals surface area contributed by atoms with Gasteiger partial charge < -0.3 is 29.9 Å². The number of likely N-dealkylation sites (tertiary alicyclic amines) is 1. The monoisotopic (exact) mass is 712 g/mol. The van der Waals surface area contributed by atoms with E-state index in [1.807, 2.05) is 77.7 Å². The van der Waals surface area contributed by atoms with E-state index in [9.17, 15) is 29.1 Å². The number of carboxylic acids is 1. The van der Waals surface area contributed by atoms with Crippen molar-refractivity contribution in [2.45, 2.75) is 96.0 Å². The fourth-order valence-electron chi connectivity index (χ4n) is 8.24. The molecule has 3 heterocycles. The molecule has 1 saturated carbocycles. The highest BCUT2D eigenvalue weighted by Crippen LogP contribution is 2.46. The third-order valence-corrected chi connectivity index (χ3v) is 10.9. The van der Waals surface area contributed by atoms with Gasteiger partial charge in [-0.1, -0.05) is 85.7 Å². The van der Waals surface area contributed by atoms with E-state index in [-0.39, 0.29) is 49.7 Å². The third kappa shape index (κ3) is 8.51. The Morgan fingerprint density at radius 1 is 0.923 bits per heavy atom. The van der Waals surface area contributed by atoms with Gasteiger partial charge in [-0.2, -0.15) is 0 Å². The fraction of sp³-hybridized carbons (Fsp3) is 0.537. The van der Waals surface area contributed by atoms with Crippen LogP contribution in [-0.4, -0.2) is 86.4 Å². The van der Waals surface area contributed by atoms with E-state index in [0.717, 1.165) is 36.8 Å². The van der Waals surface area contributed by atoms with Crippen molar-refractivity contribution in [1.29, 1.82) is 0 Å². The first-order valence-electron chi connectivity index (χ1n) is 18.7. The van der Waals surface area contributed by atoms with E-state index in [2.05, 4.69) is 5.32 Å². The lowest BCUT2D eigenvalue weighted by molar-refractivity contribution is -0.159. The number of benzene rings is 2. The summed E-state index contributed by atoms with van der Waals surface area (Å²) >= 11 is 0. The topological polar surface area (TPSA) is 137 Å². The van der Waals surface area contributed by atoms with Crippen LogP contribution in [0.5, 0.6) is 0 Å². The Morgan fingerprint density at radius 3 is 2.19 bits per heavy atom. The summed E-state index contributed by atoms with van der Waals surface area (Å²) in [4.78, 5) is 74.0. The second kappa shape index (κ2) is 15.5. The molecule has 52 heavy (non-hydrogen) atoms. The van der Waals surface area contributed by atoms with Crippen LogP contribution in [0.1, 0.15) is 76.8 Å². The molecule has 2 aromatic carbocycles. The second-order valence-corrected chi connectivity index (χ2v) is 16.0. The van der Waals surface area contributed by atoms with Crippen LogP contribution in [0.3, 0.4) is 0 Å². The van der Waals surface area contributed by atoms with Gasteiger partial charge in [0.15, 0.2) is 0 Å². The number of fused-ring (bicyclic) bond motifs is 4. The first-order valence-corrected chi connectivity index (χ1v) is 18.7. The lowest BCUT2D eigenvalue weighted by Gasteiger charge is -2.33. The average molecular weight is 713 g/mol. The highest BCUT2D eigenvalue weighted by molar-refractivity contribution is 5.96. The smallest absolute Gasteiger partial charge is 0.330 e. The summed E-state index contributed by atoms with van der Waals surface area (Å²) in [5.41, 5.74) is -0.164. The van der Waals surface area contributed by atoms with Gasteiger partial charge in [0.05, 0.1) is 6.42 Å². The molecule has 2 aromatic rings. The van der Waals surface area contributed by atoms with Gasteiger partial charge in [0.25, 0.3) is 0 Å². The summed E-state index contributed by atoms with van der Waals surface area (Å²) < 4.78 is 5.62. The molecule has 3 fully saturated rings. The number of nitrogens with one attached hydrogen (secondary N) is 1. The zero-order chi connectivity index (χ0) is 37.0. The minimum Gasteiger partial charge on any atom is -0.479 e. The molecule has 11 nitrogen and oxygen atoms in total. The van der Waals surface area contributed by atoms with Crippen LogP contribution in [0.4, 0.5) is 4.79 Å². The van der Waals surface area contributed by atoms with Crippen molar-refractivity contribution < 1.29 is 33.8 Å². The number of aliphatic carboxylic acids is 1. The number of ether oxygens (including phenoxy) is 1. The van der Waals surface area contributed by atoms with Crippen LogP contribution >= 0.6 is 0 Å². The molecule has 3 aliphatic heterocycles. The van der Waals surface area contributed by atoms with Crippen molar-refractivity contribution in [1.82, 2.24) is 20.0 Å². The van der Waals surface area contributed by atoms with Gasteiger partial charge in [0.2, 0.25) is 11.8 Å². The van der Waals surface area contributed by atoms with Crippen molar-refractivity contribution in [3.8, 4) is 0 Å². The number of hydrogen-bond acceptors (Lipinski definition) is 6. The highest BCUT2D eigenvalue weighted by Gasteiger charge is 2.62. The SMILES string of the molecule is CC(C)(C)OC(=O)C[C@@H]1CCCCC/C=C\[C@@H]2C[C@@]2(C(=O)O)NC(=O)[C@@H]2[C@H]3CN(C(=O)N(Cc4ccccc4)Cc4ccccc4)C[C@H]3CN2C1=O. The maximum Gasteiger partial charge on any atom is 0.330 e. The Balaban J connectivity index is 1.27. The summed E-state index contributed by atoms with van der Waals surface area (Å²) in [6.45, 7) is 6.99. The Bertz CT molecular complexity index is 1620.